The van der Waals surface area contributed by atoms with Gasteiger partial charge < -0.3 is 19.7 Å². The molecule has 2 aromatic rings. The number of hydrogen-bond donors (Lipinski definition) is 2. The van der Waals surface area contributed by atoms with Crippen molar-refractivity contribution in [2.24, 2.45) is 5.92 Å². The summed E-state index contributed by atoms with van der Waals surface area (Å²) in [5.74, 6) is -1.72. The number of rotatable bonds is 7. The lowest BCUT2D eigenvalue weighted by Crippen LogP contribution is -2.36. The summed E-state index contributed by atoms with van der Waals surface area (Å²) in [5.41, 5.74) is 0.379. The first kappa shape index (κ1) is 19.5. The van der Waals surface area contributed by atoms with Crippen molar-refractivity contribution in [3.63, 3.8) is 0 Å². The highest BCUT2D eigenvalue weighted by molar-refractivity contribution is 6.07. The van der Waals surface area contributed by atoms with E-state index in [1.807, 2.05) is 32.0 Å². The summed E-state index contributed by atoms with van der Waals surface area (Å²) < 4.78 is 5.32. The lowest BCUT2D eigenvalue weighted by atomic mass is 9.97. The highest BCUT2D eigenvalue weighted by atomic mass is 16.4. The van der Waals surface area contributed by atoms with Crippen LogP contribution in [0.4, 0.5) is 11.4 Å². The zero-order valence-electron chi connectivity index (χ0n) is 15.6. The molecule has 0 saturated carbocycles. The number of nitrogens with zero attached hydrogens (tertiary/aromatic N) is 1. The van der Waals surface area contributed by atoms with Crippen LogP contribution in [-0.4, -0.2) is 37.0 Å². The molecule has 26 heavy (non-hydrogen) atoms. The van der Waals surface area contributed by atoms with Crippen LogP contribution in [0.1, 0.15) is 37.6 Å². The fraction of sp³-hybridized carbons (Fsp3) is 0.421. The summed E-state index contributed by atoms with van der Waals surface area (Å²) >= 11 is 0. The lowest BCUT2D eigenvalue weighted by molar-refractivity contribution is -0.139. The van der Waals surface area contributed by atoms with Crippen molar-refractivity contribution in [1.82, 2.24) is 0 Å². The van der Waals surface area contributed by atoms with Crippen LogP contribution >= 0.6 is 0 Å². The van der Waals surface area contributed by atoms with Gasteiger partial charge in [-0.25, -0.2) is 9.59 Å². The monoisotopic (exact) mass is 360 g/mol. The molecule has 0 spiro atoms. The quantitative estimate of drug-likeness (QED) is 0.578. The van der Waals surface area contributed by atoms with Gasteiger partial charge in [0.1, 0.15) is 17.2 Å². The van der Waals surface area contributed by atoms with Crippen molar-refractivity contribution in [2.75, 3.05) is 24.3 Å². The van der Waals surface area contributed by atoms with Crippen molar-refractivity contribution in [3.05, 3.63) is 34.2 Å². The third-order valence-corrected chi connectivity index (χ3v) is 4.54. The molecule has 0 bridgehead atoms. The highest BCUT2D eigenvalue weighted by Crippen LogP contribution is 2.30. The lowest BCUT2D eigenvalue weighted by Gasteiger charge is -2.23. The van der Waals surface area contributed by atoms with E-state index in [9.17, 15) is 19.5 Å². The van der Waals surface area contributed by atoms with Gasteiger partial charge in [-0.05, 0) is 25.0 Å². The van der Waals surface area contributed by atoms with E-state index in [4.69, 9.17) is 4.42 Å². The molecule has 1 unspecified atom stereocenters. The van der Waals surface area contributed by atoms with E-state index >= 15 is 0 Å². The second-order valence-corrected chi connectivity index (χ2v) is 6.62. The van der Waals surface area contributed by atoms with Crippen molar-refractivity contribution < 1.29 is 19.1 Å². The van der Waals surface area contributed by atoms with Gasteiger partial charge in [0, 0.05) is 31.2 Å². The van der Waals surface area contributed by atoms with E-state index in [0.29, 0.717) is 17.4 Å². The fourth-order valence-electron chi connectivity index (χ4n) is 2.78. The molecule has 7 heteroatoms. The van der Waals surface area contributed by atoms with Gasteiger partial charge in [-0.2, -0.15) is 0 Å². The van der Waals surface area contributed by atoms with Crippen LogP contribution in [0.3, 0.4) is 0 Å². The topological polar surface area (TPSA) is 99.9 Å². The summed E-state index contributed by atoms with van der Waals surface area (Å²) in [5, 5.41) is 13.0. The molecule has 1 aromatic carbocycles. The van der Waals surface area contributed by atoms with Crippen LogP contribution in [0.5, 0.6) is 0 Å². The predicted molar refractivity (Wildman–Crippen MR) is 101 cm³/mol. The number of nitrogens with one attached hydrogen (secondary N) is 1. The molecular formula is C19H24N2O5. The van der Waals surface area contributed by atoms with E-state index in [2.05, 4.69) is 5.32 Å². The minimum Gasteiger partial charge on any atom is -0.480 e. The van der Waals surface area contributed by atoms with E-state index in [-0.39, 0.29) is 17.2 Å². The number of aliphatic carboxylic acids is 1. The number of ketones is 1. The molecule has 2 atom stereocenters. The Hall–Kier alpha value is -2.83. The standard InChI is InChI=1S/C19H24N2O5/c1-6-10(2)16(18(23)24)20-17-13-8-7-12(21(4)5)9-14(13)26-19(25)15(17)11(3)22/h7-10,16,20H,6H2,1-5H3,(H,23,24)/t10?,16-/m0/s1. The number of Topliss-reactive ketones (excluding diaryl/α,β-unsaturated/α-hetero) is 1. The molecule has 0 radical (unpaired) electrons. The molecule has 0 aliphatic rings. The molecule has 0 aliphatic heterocycles. The van der Waals surface area contributed by atoms with Crippen molar-refractivity contribution in [3.8, 4) is 0 Å². The maximum atomic E-state index is 12.4. The Balaban J connectivity index is 2.75. The molecule has 0 amide bonds. The van der Waals surface area contributed by atoms with Gasteiger partial charge in [-0.1, -0.05) is 20.3 Å². The first-order valence-corrected chi connectivity index (χ1v) is 8.45. The van der Waals surface area contributed by atoms with Crippen LogP contribution in [0.25, 0.3) is 11.0 Å². The number of hydrogen-bond acceptors (Lipinski definition) is 6. The Kier molecular flexibility index (Phi) is 5.69. The summed E-state index contributed by atoms with van der Waals surface area (Å²) in [6.45, 7) is 4.95. The van der Waals surface area contributed by atoms with Gasteiger partial charge in [-0.3, -0.25) is 4.79 Å². The Bertz CT molecular complexity index is 901. The highest BCUT2D eigenvalue weighted by Gasteiger charge is 2.27. The van der Waals surface area contributed by atoms with Gasteiger partial charge in [0.25, 0.3) is 0 Å². The average Bonchev–Trinajstić information content (AvgIpc) is 2.57. The van der Waals surface area contributed by atoms with E-state index < -0.39 is 23.4 Å². The third kappa shape index (κ3) is 3.71. The molecule has 0 fully saturated rings. The Morgan fingerprint density at radius 1 is 1.31 bits per heavy atom. The number of carbonyl (C=O) groups is 2. The number of benzene rings is 1. The molecule has 0 saturated heterocycles. The van der Waals surface area contributed by atoms with Gasteiger partial charge in [0.2, 0.25) is 0 Å². The number of carboxylic acids is 1. The summed E-state index contributed by atoms with van der Waals surface area (Å²) in [4.78, 5) is 38.0. The number of carbonyl (C=O) groups excluding carboxylic acids is 1. The van der Waals surface area contributed by atoms with Gasteiger partial charge in [-0.15, -0.1) is 0 Å². The minimum atomic E-state index is -1.04. The number of fused-ring (bicyclic) bond motifs is 1. The zero-order valence-corrected chi connectivity index (χ0v) is 15.6. The molecular weight excluding hydrogens is 336 g/mol. The van der Waals surface area contributed by atoms with Crippen molar-refractivity contribution in [1.29, 1.82) is 0 Å². The summed E-state index contributed by atoms with van der Waals surface area (Å²) in [7, 11) is 3.71. The molecule has 1 aromatic heterocycles. The second-order valence-electron chi connectivity index (χ2n) is 6.62. The van der Waals surface area contributed by atoms with Gasteiger partial charge in [0.15, 0.2) is 5.78 Å². The molecule has 7 nitrogen and oxygen atoms in total. The van der Waals surface area contributed by atoms with E-state index in [0.717, 1.165) is 5.69 Å². The predicted octanol–water partition coefficient (Wildman–Crippen LogP) is 2.97. The smallest absolute Gasteiger partial charge is 0.349 e. The van der Waals surface area contributed by atoms with Crippen LogP contribution in [-0.2, 0) is 4.79 Å². The average molecular weight is 360 g/mol. The van der Waals surface area contributed by atoms with Crippen LogP contribution in [0.2, 0.25) is 0 Å². The zero-order chi connectivity index (χ0) is 19.6. The molecule has 1 heterocycles. The SMILES string of the molecule is CCC(C)[C@H](Nc1c(C(C)=O)c(=O)oc2cc(N(C)C)ccc12)C(=O)O. The Morgan fingerprint density at radius 3 is 2.46 bits per heavy atom. The normalized spacial score (nSPS) is 13.3. The minimum absolute atomic E-state index is 0.162. The molecule has 140 valence electrons. The third-order valence-electron chi connectivity index (χ3n) is 4.54. The van der Waals surface area contributed by atoms with Crippen LogP contribution < -0.4 is 15.8 Å². The van der Waals surface area contributed by atoms with Gasteiger partial charge in [0.05, 0.1) is 5.69 Å². The summed E-state index contributed by atoms with van der Waals surface area (Å²) in [6.07, 6.45) is 0.628. The first-order chi connectivity index (χ1) is 12.2. The van der Waals surface area contributed by atoms with Gasteiger partial charge >= 0.3 is 11.6 Å². The molecule has 2 rings (SSSR count). The Labute approximate surface area is 151 Å². The van der Waals surface area contributed by atoms with Crippen molar-refractivity contribution in [2.45, 2.75) is 33.2 Å². The summed E-state index contributed by atoms with van der Waals surface area (Å²) in [6, 6.07) is 4.29. The van der Waals surface area contributed by atoms with Crippen LogP contribution in [0, 0.1) is 5.92 Å². The Morgan fingerprint density at radius 2 is 1.96 bits per heavy atom. The molecule has 2 N–H and O–H groups in total. The maximum Gasteiger partial charge on any atom is 0.349 e. The van der Waals surface area contributed by atoms with E-state index in [1.54, 1.807) is 19.1 Å². The van der Waals surface area contributed by atoms with E-state index in [1.165, 1.54) is 6.92 Å². The molecule has 0 aliphatic carbocycles. The maximum absolute atomic E-state index is 12.4. The number of anilines is 2. The van der Waals surface area contributed by atoms with Crippen LogP contribution in [0.15, 0.2) is 27.4 Å². The number of carboxylic acid groups (broad SMARTS) is 1. The van der Waals surface area contributed by atoms with Crippen molar-refractivity contribution >= 4 is 34.1 Å². The fourth-order valence-corrected chi connectivity index (χ4v) is 2.78. The largest absolute Gasteiger partial charge is 0.480 e. The second kappa shape index (κ2) is 7.59. The first-order valence-electron chi connectivity index (χ1n) is 8.45.